The van der Waals surface area contributed by atoms with Crippen LogP contribution in [-0.2, 0) is 43.7 Å². The first-order chi connectivity index (χ1) is 29.8. The first kappa shape index (κ1) is 41.7. The van der Waals surface area contributed by atoms with Crippen LogP contribution in [0, 0.1) is 5.82 Å². The van der Waals surface area contributed by atoms with Gasteiger partial charge in [0.05, 0.1) is 17.1 Å². The number of fused-ring (bicyclic) bond motifs is 8. The van der Waals surface area contributed by atoms with E-state index >= 15 is 0 Å². The van der Waals surface area contributed by atoms with Gasteiger partial charge in [-0.15, -0.1) is 0 Å². The number of rotatable bonds is 11. The van der Waals surface area contributed by atoms with Gasteiger partial charge in [-0.25, -0.2) is 45.5 Å². The number of nitrogens with one attached hydrogen (secondary N) is 2. The third-order valence-corrected chi connectivity index (χ3v) is 17.0. The minimum atomic E-state index is -3.98. The van der Waals surface area contributed by atoms with Gasteiger partial charge < -0.3 is 10.6 Å². The number of aromatic nitrogens is 4. The molecular weight excluding hydrogens is 824 g/mol. The van der Waals surface area contributed by atoms with E-state index in [9.17, 15) is 21.2 Å². The number of anilines is 2. The minimum absolute atomic E-state index is 0.191. The summed E-state index contributed by atoms with van der Waals surface area (Å²) in [5.74, 6) is 0.0415. The Morgan fingerprint density at radius 2 is 1.27 bits per heavy atom. The van der Waals surface area contributed by atoms with Crippen LogP contribution < -0.4 is 10.6 Å². The molecule has 4 aliphatic rings. The summed E-state index contributed by atoms with van der Waals surface area (Å²) in [4.78, 5) is 18.5. The predicted octanol–water partition coefficient (Wildman–Crippen LogP) is 7.06. The lowest BCUT2D eigenvalue weighted by Crippen LogP contribution is -2.48. The van der Waals surface area contributed by atoms with E-state index in [2.05, 4.69) is 52.0 Å². The summed E-state index contributed by atoms with van der Waals surface area (Å²) in [6.45, 7) is 9.75. The molecule has 0 radical (unpaired) electrons. The predicted molar refractivity (Wildman–Crippen MR) is 240 cm³/mol. The maximum Gasteiger partial charge on any atom is 0.245 e. The highest BCUT2D eigenvalue weighted by Crippen LogP contribution is 2.50. The van der Waals surface area contributed by atoms with Crippen LogP contribution in [0.15, 0.2) is 127 Å². The zero-order chi connectivity index (χ0) is 43.3. The maximum absolute atomic E-state index is 14.5. The normalized spacial score (nSPS) is 18.3. The van der Waals surface area contributed by atoms with Crippen molar-refractivity contribution in [2.45, 2.75) is 54.3 Å². The van der Waals surface area contributed by atoms with Crippen molar-refractivity contribution >= 4 is 31.9 Å². The molecule has 4 heterocycles. The fourth-order valence-electron chi connectivity index (χ4n) is 9.97. The molecule has 2 fully saturated rings. The van der Waals surface area contributed by atoms with Gasteiger partial charge in [0, 0.05) is 74.1 Å². The summed E-state index contributed by atoms with van der Waals surface area (Å²) in [5.41, 5.74) is 8.84. The second-order valence-electron chi connectivity index (χ2n) is 16.8. The summed E-state index contributed by atoms with van der Waals surface area (Å²) in [5, 5.41) is 6.31. The van der Waals surface area contributed by atoms with Gasteiger partial charge >= 0.3 is 0 Å². The molecule has 2 saturated heterocycles. The van der Waals surface area contributed by atoms with Crippen molar-refractivity contribution in [1.29, 1.82) is 0 Å². The fraction of sp³-hybridized carbons (Fsp3) is 0.319. The molecule has 9 rings (SSSR count). The summed E-state index contributed by atoms with van der Waals surface area (Å²) in [6, 6.07) is 21.9. The Labute approximate surface area is 362 Å². The monoisotopic (exact) mass is 872 g/mol. The van der Waals surface area contributed by atoms with E-state index in [4.69, 9.17) is 9.97 Å². The standard InChI is InChI=1S/C47H49FN8O4S2/c1-4-33(31-61(57,58)55-21-17-46(18-22-55)26-34-29-51-44(49-3)53-42(34)36-11-5-7-13-38(36)46)25-32(2)28-50-45-52-30-35-27-47(39-14-8-6-12-37(39)43(35)54-45)19-23-56(24-20-47)62(59,60)41-16-10-9-15-40(41)48/h4-16,25,29-30H,1-2,17-24,26-28,31H2,3H3,(H,49,51,53)(H,50,52,54). The largest absolute Gasteiger partial charge is 0.357 e. The minimum Gasteiger partial charge on any atom is -0.357 e. The average Bonchev–Trinajstić information content (AvgIpc) is 3.28. The van der Waals surface area contributed by atoms with Gasteiger partial charge in [0.25, 0.3) is 0 Å². The average molecular weight is 873 g/mol. The Bertz CT molecular complexity index is 2850. The van der Waals surface area contributed by atoms with E-state index in [-0.39, 0.29) is 41.1 Å². The van der Waals surface area contributed by atoms with Crippen molar-refractivity contribution in [1.82, 2.24) is 28.5 Å². The molecular formula is C47H49FN8O4S2. The van der Waals surface area contributed by atoms with Crippen LogP contribution in [0.4, 0.5) is 16.3 Å². The van der Waals surface area contributed by atoms with Crippen LogP contribution in [0.3, 0.4) is 0 Å². The van der Waals surface area contributed by atoms with Crippen molar-refractivity contribution in [3.63, 3.8) is 0 Å². The highest BCUT2D eigenvalue weighted by Gasteiger charge is 2.46. The van der Waals surface area contributed by atoms with E-state index in [0.29, 0.717) is 68.2 Å². The smallest absolute Gasteiger partial charge is 0.245 e. The number of hydrogen-bond donors (Lipinski definition) is 2. The molecule has 12 nitrogen and oxygen atoms in total. The third kappa shape index (κ3) is 7.54. The molecule has 5 aromatic rings. The van der Waals surface area contributed by atoms with Gasteiger partial charge in [-0.1, -0.05) is 86.0 Å². The van der Waals surface area contributed by atoms with Crippen molar-refractivity contribution in [2.75, 3.05) is 56.2 Å². The van der Waals surface area contributed by atoms with Crippen molar-refractivity contribution < 1.29 is 21.2 Å². The Morgan fingerprint density at radius 1 is 0.758 bits per heavy atom. The SMILES string of the molecule is C=CC(=CC(=C)CNc1ncc2c(n1)-c1ccccc1C1(CCN(S(=O)(=O)c3ccccc3F)CC1)C2)CS(=O)(=O)N1CCC2(CC1)Cc1cnc(NC)nc1-c1ccccc12. The topological polar surface area (TPSA) is 150 Å². The molecule has 2 aliphatic carbocycles. The van der Waals surface area contributed by atoms with Gasteiger partial charge in [0.15, 0.2) is 0 Å². The number of nitrogens with zero attached hydrogens (tertiary/aromatic N) is 6. The van der Waals surface area contributed by atoms with E-state index < -0.39 is 25.9 Å². The molecule has 320 valence electrons. The zero-order valence-corrected chi connectivity index (χ0v) is 36.3. The van der Waals surface area contributed by atoms with Crippen LogP contribution in [-0.4, -0.2) is 90.9 Å². The Hall–Kier alpha value is -5.61. The second kappa shape index (κ2) is 16.3. The Morgan fingerprint density at radius 3 is 1.84 bits per heavy atom. The van der Waals surface area contributed by atoms with E-state index in [1.165, 1.54) is 34.1 Å². The summed E-state index contributed by atoms with van der Waals surface area (Å²) < 4.78 is 72.1. The van der Waals surface area contributed by atoms with Crippen LogP contribution in [0.1, 0.15) is 47.9 Å². The highest BCUT2D eigenvalue weighted by molar-refractivity contribution is 7.89. The van der Waals surface area contributed by atoms with Crippen LogP contribution >= 0.6 is 0 Å². The molecule has 15 heteroatoms. The number of benzene rings is 3. The molecule has 2 aliphatic heterocycles. The van der Waals surface area contributed by atoms with E-state index in [1.54, 1.807) is 23.5 Å². The number of sulfonamides is 2. The fourth-order valence-corrected chi connectivity index (χ4v) is 13.0. The van der Waals surface area contributed by atoms with Gasteiger partial charge in [-0.3, -0.25) is 0 Å². The van der Waals surface area contributed by atoms with Crippen molar-refractivity contribution in [2.24, 2.45) is 0 Å². The van der Waals surface area contributed by atoms with Gasteiger partial charge in [-0.05, 0) is 84.1 Å². The molecule has 0 amide bonds. The van der Waals surface area contributed by atoms with Crippen molar-refractivity contribution in [3.8, 4) is 22.5 Å². The number of allylic oxidation sites excluding steroid dienone is 1. The molecule has 62 heavy (non-hydrogen) atoms. The van der Waals surface area contributed by atoms with Gasteiger partial charge in [-0.2, -0.15) is 4.31 Å². The van der Waals surface area contributed by atoms with Gasteiger partial charge in [0.1, 0.15) is 10.7 Å². The molecule has 2 spiro atoms. The quantitative estimate of drug-likeness (QED) is 0.132. The molecule has 0 unspecified atom stereocenters. The second-order valence-corrected chi connectivity index (χ2v) is 20.7. The maximum atomic E-state index is 14.5. The summed E-state index contributed by atoms with van der Waals surface area (Å²) in [6.07, 6.45) is 11.0. The lowest BCUT2D eigenvalue weighted by molar-refractivity contribution is 0.228. The lowest BCUT2D eigenvalue weighted by Gasteiger charge is -2.45. The molecule has 2 aromatic heterocycles. The van der Waals surface area contributed by atoms with E-state index in [1.807, 2.05) is 42.7 Å². The lowest BCUT2D eigenvalue weighted by atomic mass is 9.64. The Balaban J connectivity index is 0.839. The molecule has 2 N–H and O–H groups in total. The van der Waals surface area contributed by atoms with Crippen molar-refractivity contribution in [3.05, 3.63) is 150 Å². The van der Waals surface area contributed by atoms with Crippen LogP contribution in [0.25, 0.3) is 22.5 Å². The van der Waals surface area contributed by atoms with Crippen LogP contribution in [0.2, 0.25) is 0 Å². The third-order valence-electron chi connectivity index (χ3n) is 13.2. The first-order valence-electron chi connectivity index (χ1n) is 20.9. The highest BCUT2D eigenvalue weighted by atomic mass is 32.2. The number of hydrogen-bond acceptors (Lipinski definition) is 10. The zero-order valence-electron chi connectivity index (χ0n) is 34.6. The molecule has 0 bridgehead atoms. The first-order valence-corrected chi connectivity index (χ1v) is 24.0. The van der Waals surface area contributed by atoms with E-state index in [0.717, 1.165) is 45.6 Å². The van der Waals surface area contributed by atoms with Gasteiger partial charge in [0.2, 0.25) is 31.9 Å². The number of halogens is 1. The number of piperidine rings is 2. The molecule has 3 aromatic carbocycles. The van der Waals surface area contributed by atoms with Crippen LogP contribution in [0.5, 0.6) is 0 Å². The molecule has 0 atom stereocenters. The Kier molecular flexibility index (Phi) is 10.9. The summed E-state index contributed by atoms with van der Waals surface area (Å²) >= 11 is 0. The summed E-state index contributed by atoms with van der Waals surface area (Å²) in [7, 11) is -5.83. The molecule has 0 saturated carbocycles.